The second kappa shape index (κ2) is 7.48. The van der Waals surface area contributed by atoms with Crippen LogP contribution in [0.15, 0.2) is 30.3 Å². The summed E-state index contributed by atoms with van der Waals surface area (Å²) in [6, 6.07) is 10.2. The van der Waals surface area contributed by atoms with E-state index in [1.807, 2.05) is 18.2 Å². The Morgan fingerprint density at radius 2 is 1.89 bits per heavy atom. The molecule has 2 aliphatic carbocycles. The highest BCUT2D eigenvalue weighted by Gasteiger charge is 2.62. The van der Waals surface area contributed by atoms with Crippen LogP contribution >= 0.6 is 0 Å². The van der Waals surface area contributed by atoms with Gasteiger partial charge in [0.15, 0.2) is 0 Å². The quantitative estimate of drug-likeness (QED) is 0.613. The summed E-state index contributed by atoms with van der Waals surface area (Å²) in [6.45, 7) is 1.77. The van der Waals surface area contributed by atoms with Crippen LogP contribution in [0.2, 0.25) is 0 Å². The van der Waals surface area contributed by atoms with Crippen LogP contribution in [0, 0.1) is 11.8 Å². The standard InChI is InChI=1S/C22H29NO5/c1-22-15(11-12-17(22)20(25)21(26)23(22)27)13-19(24)28-18-10-6-5-9-16(18)14-7-3-2-4-8-14/h2-4,7-8,15-18,20,25,27H,5-6,9-13H2,1H3. The van der Waals surface area contributed by atoms with E-state index in [0.717, 1.165) is 25.7 Å². The Bertz CT molecular complexity index is 738. The number of nitrogens with zero attached hydrogens (tertiary/aromatic N) is 1. The van der Waals surface area contributed by atoms with E-state index in [4.69, 9.17) is 4.74 Å². The van der Waals surface area contributed by atoms with Crippen LogP contribution in [0.3, 0.4) is 0 Å². The third-order valence-electron chi connectivity index (χ3n) is 7.33. The zero-order valence-electron chi connectivity index (χ0n) is 16.3. The number of esters is 1. The molecule has 2 saturated carbocycles. The Morgan fingerprint density at radius 1 is 1.18 bits per heavy atom. The maximum Gasteiger partial charge on any atom is 0.306 e. The first-order chi connectivity index (χ1) is 13.4. The van der Waals surface area contributed by atoms with E-state index in [-0.39, 0.29) is 36.2 Å². The van der Waals surface area contributed by atoms with Gasteiger partial charge in [-0.1, -0.05) is 36.8 Å². The summed E-state index contributed by atoms with van der Waals surface area (Å²) in [4.78, 5) is 24.8. The number of rotatable bonds is 4. The molecule has 0 spiro atoms. The smallest absolute Gasteiger partial charge is 0.306 e. The van der Waals surface area contributed by atoms with E-state index >= 15 is 0 Å². The molecule has 152 valence electrons. The number of hydroxylamine groups is 2. The third-order valence-corrected chi connectivity index (χ3v) is 7.33. The average molecular weight is 387 g/mol. The molecule has 6 heteroatoms. The van der Waals surface area contributed by atoms with Crippen molar-refractivity contribution in [1.29, 1.82) is 0 Å². The maximum absolute atomic E-state index is 12.8. The summed E-state index contributed by atoms with van der Waals surface area (Å²) in [5, 5.41) is 21.0. The molecule has 1 aliphatic heterocycles. The summed E-state index contributed by atoms with van der Waals surface area (Å²) in [7, 11) is 0. The highest BCUT2D eigenvalue weighted by Crippen LogP contribution is 2.51. The summed E-state index contributed by atoms with van der Waals surface area (Å²) >= 11 is 0. The molecule has 1 amide bonds. The molecule has 6 nitrogen and oxygen atoms in total. The fourth-order valence-corrected chi connectivity index (χ4v) is 5.66. The number of aliphatic hydroxyl groups excluding tert-OH is 1. The highest BCUT2D eigenvalue weighted by molar-refractivity contribution is 5.84. The largest absolute Gasteiger partial charge is 0.462 e. The number of fused-ring (bicyclic) bond motifs is 1. The Kier molecular flexibility index (Phi) is 5.19. The molecule has 4 rings (SSSR count). The SMILES string of the molecule is CC12C(CC(=O)OC3CCCCC3c3ccccc3)CCC1C(O)C(=O)N2O. The van der Waals surface area contributed by atoms with E-state index in [9.17, 15) is 19.9 Å². The van der Waals surface area contributed by atoms with Gasteiger partial charge in [0.2, 0.25) is 0 Å². The highest BCUT2D eigenvalue weighted by atomic mass is 16.5. The molecule has 6 atom stereocenters. The number of ether oxygens (including phenoxy) is 1. The number of hydrogen-bond donors (Lipinski definition) is 2. The zero-order chi connectivity index (χ0) is 19.9. The van der Waals surface area contributed by atoms with Crippen molar-refractivity contribution in [2.24, 2.45) is 11.8 Å². The van der Waals surface area contributed by atoms with Gasteiger partial charge in [0.1, 0.15) is 12.2 Å². The maximum atomic E-state index is 12.8. The molecule has 6 unspecified atom stereocenters. The number of carbonyl (C=O) groups excluding carboxylic acids is 2. The molecular formula is C22H29NO5. The first-order valence-electron chi connectivity index (χ1n) is 10.4. The summed E-state index contributed by atoms with van der Waals surface area (Å²) in [5.41, 5.74) is 0.305. The minimum atomic E-state index is -1.18. The minimum Gasteiger partial charge on any atom is -0.462 e. The van der Waals surface area contributed by atoms with Crippen molar-refractivity contribution < 1.29 is 24.6 Å². The second-order valence-electron chi connectivity index (χ2n) is 8.74. The van der Waals surface area contributed by atoms with Gasteiger partial charge in [0.05, 0.1) is 12.0 Å². The monoisotopic (exact) mass is 387 g/mol. The lowest BCUT2D eigenvalue weighted by Crippen LogP contribution is -2.48. The number of amides is 1. The average Bonchev–Trinajstić information content (AvgIpc) is 3.11. The molecule has 1 saturated heterocycles. The predicted octanol–water partition coefficient (Wildman–Crippen LogP) is 3.02. The minimum absolute atomic E-state index is 0.130. The number of aliphatic hydroxyl groups is 1. The first kappa shape index (κ1) is 19.4. The van der Waals surface area contributed by atoms with Gasteiger partial charge in [-0.25, -0.2) is 5.06 Å². The van der Waals surface area contributed by atoms with Crippen molar-refractivity contribution in [3.05, 3.63) is 35.9 Å². The fraction of sp³-hybridized carbons (Fsp3) is 0.636. The molecular weight excluding hydrogens is 358 g/mol. The van der Waals surface area contributed by atoms with Gasteiger partial charge in [-0.2, -0.15) is 0 Å². The molecule has 3 fully saturated rings. The molecule has 0 radical (unpaired) electrons. The van der Waals surface area contributed by atoms with Crippen molar-refractivity contribution in [2.75, 3.05) is 0 Å². The molecule has 0 bridgehead atoms. The van der Waals surface area contributed by atoms with Crippen LogP contribution in [-0.2, 0) is 14.3 Å². The summed E-state index contributed by atoms with van der Waals surface area (Å²) in [5.74, 6) is -1.27. The van der Waals surface area contributed by atoms with Crippen LogP contribution in [0.25, 0.3) is 0 Å². The van der Waals surface area contributed by atoms with Crippen molar-refractivity contribution >= 4 is 11.9 Å². The van der Waals surface area contributed by atoms with E-state index in [1.54, 1.807) is 6.92 Å². The Morgan fingerprint density at radius 3 is 2.64 bits per heavy atom. The van der Waals surface area contributed by atoms with Gasteiger partial charge >= 0.3 is 5.97 Å². The topological polar surface area (TPSA) is 87.1 Å². The normalized spacial score (nSPS) is 37.8. The molecule has 0 aromatic heterocycles. The molecule has 3 aliphatic rings. The predicted molar refractivity (Wildman–Crippen MR) is 101 cm³/mol. The van der Waals surface area contributed by atoms with Crippen LogP contribution in [0.1, 0.15) is 63.4 Å². The van der Waals surface area contributed by atoms with Crippen molar-refractivity contribution in [3.8, 4) is 0 Å². The Hall–Kier alpha value is -1.92. The summed E-state index contributed by atoms with van der Waals surface area (Å²) in [6.07, 6.45) is 4.20. The van der Waals surface area contributed by atoms with E-state index in [0.29, 0.717) is 17.9 Å². The third kappa shape index (κ3) is 3.12. The second-order valence-corrected chi connectivity index (χ2v) is 8.74. The lowest BCUT2D eigenvalue weighted by molar-refractivity contribution is -0.190. The molecule has 1 heterocycles. The van der Waals surface area contributed by atoms with Gasteiger partial charge < -0.3 is 9.84 Å². The van der Waals surface area contributed by atoms with Gasteiger partial charge in [0, 0.05) is 11.8 Å². The first-order valence-corrected chi connectivity index (χ1v) is 10.4. The number of benzene rings is 1. The van der Waals surface area contributed by atoms with Crippen molar-refractivity contribution in [1.82, 2.24) is 5.06 Å². The van der Waals surface area contributed by atoms with Gasteiger partial charge in [-0.15, -0.1) is 0 Å². The van der Waals surface area contributed by atoms with Gasteiger partial charge in [-0.05, 0) is 50.5 Å². The molecule has 1 aromatic carbocycles. The van der Waals surface area contributed by atoms with Gasteiger partial charge in [0.25, 0.3) is 5.91 Å². The van der Waals surface area contributed by atoms with E-state index in [1.165, 1.54) is 5.56 Å². The van der Waals surface area contributed by atoms with Crippen molar-refractivity contribution in [2.45, 2.75) is 75.5 Å². The van der Waals surface area contributed by atoms with E-state index < -0.39 is 17.6 Å². The Labute approximate surface area is 165 Å². The molecule has 2 N–H and O–H groups in total. The zero-order valence-corrected chi connectivity index (χ0v) is 16.3. The molecule has 28 heavy (non-hydrogen) atoms. The number of hydrogen-bond acceptors (Lipinski definition) is 5. The van der Waals surface area contributed by atoms with Gasteiger partial charge in [-0.3, -0.25) is 14.8 Å². The van der Waals surface area contributed by atoms with Crippen LogP contribution < -0.4 is 0 Å². The van der Waals surface area contributed by atoms with Crippen molar-refractivity contribution in [3.63, 3.8) is 0 Å². The molecule has 1 aromatic rings. The lowest BCUT2D eigenvalue weighted by atomic mass is 9.80. The van der Waals surface area contributed by atoms with Crippen LogP contribution in [-0.4, -0.2) is 45.0 Å². The van der Waals surface area contributed by atoms with Crippen LogP contribution in [0.4, 0.5) is 0 Å². The van der Waals surface area contributed by atoms with Crippen LogP contribution in [0.5, 0.6) is 0 Å². The fourth-order valence-electron chi connectivity index (χ4n) is 5.66. The Balaban J connectivity index is 1.43. The lowest BCUT2D eigenvalue weighted by Gasteiger charge is -2.36. The number of carbonyl (C=O) groups is 2. The summed E-state index contributed by atoms with van der Waals surface area (Å²) < 4.78 is 5.92. The van der Waals surface area contributed by atoms with E-state index in [2.05, 4.69) is 12.1 Å².